The molecule has 0 fully saturated rings. The Bertz CT molecular complexity index is 1170. The van der Waals surface area contributed by atoms with Crippen LogP contribution in [0.25, 0.3) is 10.8 Å². The molecule has 28 heavy (non-hydrogen) atoms. The van der Waals surface area contributed by atoms with Crippen LogP contribution in [0.3, 0.4) is 0 Å². The summed E-state index contributed by atoms with van der Waals surface area (Å²) in [6.07, 6.45) is -4.89. The van der Waals surface area contributed by atoms with Gasteiger partial charge in [-0.05, 0) is 42.3 Å². The van der Waals surface area contributed by atoms with Crippen molar-refractivity contribution in [1.29, 1.82) is 0 Å². The summed E-state index contributed by atoms with van der Waals surface area (Å²) in [4.78, 5) is -0.280. The molecule has 0 saturated heterocycles. The number of rotatable bonds is 4. The van der Waals surface area contributed by atoms with Crippen molar-refractivity contribution in [2.45, 2.75) is 24.9 Å². The maximum atomic E-state index is 13.5. The lowest BCUT2D eigenvalue weighted by Gasteiger charge is -2.13. The minimum Gasteiger partial charge on any atom is -0.264 e. The molecule has 0 aliphatic heterocycles. The fraction of sp³-hybridized carbons (Fsp3) is 0.150. The van der Waals surface area contributed by atoms with Gasteiger partial charge in [-0.15, -0.1) is 0 Å². The van der Waals surface area contributed by atoms with E-state index in [2.05, 4.69) is 9.44 Å². The summed E-state index contributed by atoms with van der Waals surface area (Å²) in [6, 6.07) is 15.4. The molecule has 8 heteroatoms. The van der Waals surface area contributed by atoms with E-state index in [0.29, 0.717) is 10.9 Å². The van der Waals surface area contributed by atoms with E-state index in [-0.39, 0.29) is 10.5 Å². The maximum absolute atomic E-state index is 13.5. The zero-order valence-electron chi connectivity index (χ0n) is 15.0. The van der Waals surface area contributed by atoms with Crippen LogP contribution in [0.2, 0.25) is 0 Å². The van der Waals surface area contributed by atoms with Gasteiger partial charge < -0.3 is 0 Å². The van der Waals surface area contributed by atoms with Gasteiger partial charge in [0, 0.05) is 5.56 Å². The van der Waals surface area contributed by atoms with Gasteiger partial charge in [-0.1, -0.05) is 59.3 Å². The van der Waals surface area contributed by atoms with Crippen LogP contribution in [0.5, 0.6) is 0 Å². The number of fused-ring (bicyclic) bond motifs is 1. The molecule has 0 aliphatic rings. The van der Waals surface area contributed by atoms with Gasteiger partial charge in [-0.3, -0.25) is 4.28 Å². The molecule has 0 N–H and O–H groups in total. The first-order valence-electron chi connectivity index (χ1n) is 8.23. The number of aryl methyl sites for hydroxylation is 2. The average molecular weight is 407 g/mol. The predicted octanol–water partition coefficient (Wildman–Crippen LogP) is 5.13. The second kappa shape index (κ2) is 7.27. The van der Waals surface area contributed by atoms with Crippen LogP contribution in [0.15, 0.2) is 70.7 Å². The van der Waals surface area contributed by atoms with Gasteiger partial charge in [0.25, 0.3) is 0 Å². The quantitative estimate of drug-likeness (QED) is 0.445. The SMILES string of the molecule is Cc1ccc(/C(=N/OS(=O)(=O)c2ccc3ccccc3c2)C(F)(F)F)c(C)c1. The molecule has 0 bridgehead atoms. The van der Waals surface area contributed by atoms with Crippen LogP contribution in [-0.2, 0) is 14.4 Å². The van der Waals surface area contributed by atoms with Crippen LogP contribution in [0.4, 0.5) is 13.2 Å². The number of halogens is 3. The van der Waals surface area contributed by atoms with Crippen molar-refractivity contribution in [2.24, 2.45) is 5.16 Å². The zero-order chi connectivity index (χ0) is 20.5. The number of oxime groups is 1. The van der Waals surface area contributed by atoms with Crippen molar-refractivity contribution in [1.82, 2.24) is 0 Å². The third kappa shape index (κ3) is 4.17. The molecule has 0 aliphatic carbocycles. The first-order chi connectivity index (χ1) is 13.1. The van der Waals surface area contributed by atoms with E-state index < -0.39 is 22.0 Å². The Hall–Kier alpha value is -2.87. The van der Waals surface area contributed by atoms with Gasteiger partial charge in [0.15, 0.2) is 5.71 Å². The van der Waals surface area contributed by atoms with Gasteiger partial charge in [-0.25, -0.2) is 0 Å². The van der Waals surface area contributed by atoms with Crippen LogP contribution in [-0.4, -0.2) is 20.3 Å². The Morgan fingerprint density at radius 1 is 0.929 bits per heavy atom. The van der Waals surface area contributed by atoms with Crippen molar-refractivity contribution in [3.63, 3.8) is 0 Å². The molecule has 4 nitrogen and oxygen atoms in total. The zero-order valence-corrected chi connectivity index (χ0v) is 15.8. The van der Waals surface area contributed by atoms with E-state index in [9.17, 15) is 21.6 Å². The van der Waals surface area contributed by atoms with Crippen LogP contribution in [0, 0.1) is 13.8 Å². The Morgan fingerprint density at radius 2 is 1.61 bits per heavy atom. The number of alkyl halides is 3. The monoisotopic (exact) mass is 407 g/mol. The van der Waals surface area contributed by atoms with Gasteiger partial charge in [0.05, 0.1) is 0 Å². The van der Waals surface area contributed by atoms with Crippen molar-refractivity contribution in [2.75, 3.05) is 0 Å². The number of benzene rings is 3. The predicted molar refractivity (Wildman–Crippen MR) is 101 cm³/mol. The van der Waals surface area contributed by atoms with E-state index in [4.69, 9.17) is 0 Å². The number of hydrogen-bond donors (Lipinski definition) is 0. The van der Waals surface area contributed by atoms with Gasteiger partial charge >= 0.3 is 16.3 Å². The second-order valence-electron chi connectivity index (χ2n) is 6.29. The molecule has 0 unspecified atom stereocenters. The highest BCUT2D eigenvalue weighted by Crippen LogP contribution is 2.27. The summed E-state index contributed by atoms with van der Waals surface area (Å²) in [5.74, 6) is 0. The van der Waals surface area contributed by atoms with Crippen molar-refractivity contribution in [3.8, 4) is 0 Å². The minimum absolute atomic E-state index is 0.244. The molecule has 0 spiro atoms. The molecule has 3 aromatic rings. The molecule has 0 amide bonds. The lowest BCUT2D eigenvalue weighted by Crippen LogP contribution is -2.26. The first-order valence-corrected chi connectivity index (χ1v) is 9.64. The smallest absolute Gasteiger partial charge is 0.264 e. The van der Waals surface area contributed by atoms with Crippen LogP contribution in [0.1, 0.15) is 16.7 Å². The molecule has 0 saturated carbocycles. The summed E-state index contributed by atoms with van der Waals surface area (Å²) in [7, 11) is -4.52. The summed E-state index contributed by atoms with van der Waals surface area (Å²) in [5, 5.41) is 4.39. The maximum Gasteiger partial charge on any atom is 0.437 e. The Balaban J connectivity index is 2.01. The summed E-state index contributed by atoms with van der Waals surface area (Å²) in [6.45, 7) is 3.23. The summed E-state index contributed by atoms with van der Waals surface area (Å²) < 4.78 is 69.6. The highest BCUT2D eigenvalue weighted by Gasteiger charge is 2.39. The Morgan fingerprint density at radius 3 is 2.25 bits per heavy atom. The van der Waals surface area contributed by atoms with E-state index in [0.717, 1.165) is 10.9 Å². The molecule has 0 radical (unpaired) electrons. The Labute approximate surface area is 160 Å². The average Bonchev–Trinajstić information content (AvgIpc) is 2.62. The van der Waals surface area contributed by atoms with Crippen LogP contribution < -0.4 is 0 Å². The van der Waals surface area contributed by atoms with E-state index in [1.165, 1.54) is 31.2 Å². The highest BCUT2D eigenvalue weighted by atomic mass is 32.2. The molecule has 0 atom stereocenters. The standard InChI is InChI=1S/C20H16F3NO3S/c1-13-7-10-18(14(2)11-13)19(20(21,22)23)24-27-28(25,26)17-9-8-15-5-3-4-6-16(15)12-17/h3-12H,1-2H3/b24-19-. The number of hydrogen-bond acceptors (Lipinski definition) is 4. The molecular formula is C20H16F3NO3S. The molecule has 3 rings (SSSR count). The van der Waals surface area contributed by atoms with Gasteiger partial charge in [0.1, 0.15) is 4.90 Å². The van der Waals surface area contributed by atoms with Crippen molar-refractivity contribution >= 4 is 26.6 Å². The minimum atomic E-state index is -4.89. The number of nitrogens with zero attached hydrogens (tertiary/aromatic N) is 1. The van der Waals surface area contributed by atoms with E-state index in [1.807, 2.05) is 0 Å². The normalized spacial score (nSPS) is 13.0. The lowest BCUT2D eigenvalue weighted by atomic mass is 10.0. The largest absolute Gasteiger partial charge is 0.437 e. The topological polar surface area (TPSA) is 55.7 Å². The third-order valence-corrected chi connectivity index (χ3v) is 5.24. The molecule has 0 heterocycles. The molecule has 146 valence electrons. The molecule has 3 aromatic carbocycles. The fourth-order valence-electron chi connectivity index (χ4n) is 2.79. The highest BCUT2D eigenvalue weighted by molar-refractivity contribution is 7.86. The lowest BCUT2D eigenvalue weighted by molar-refractivity contribution is -0.0597. The van der Waals surface area contributed by atoms with Crippen molar-refractivity contribution < 1.29 is 25.9 Å². The van der Waals surface area contributed by atoms with E-state index in [1.54, 1.807) is 43.3 Å². The molecule has 0 aromatic heterocycles. The summed E-state index contributed by atoms with van der Waals surface area (Å²) in [5.41, 5.74) is -0.573. The fourth-order valence-corrected chi connectivity index (χ4v) is 3.55. The second-order valence-corrected chi connectivity index (χ2v) is 7.82. The first kappa shape index (κ1) is 19.9. The van der Waals surface area contributed by atoms with Crippen molar-refractivity contribution in [3.05, 3.63) is 77.4 Å². The van der Waals surface area contributed by atoms with Gasteiger partial charge in [-0.2, -0.15) is 21.6 Å². The van der Waals surface area contributed by atoms with Gasteiger partial charge in [0.2, 0.25) is 0 Å². The Kier molecular flexibility index (Phi) is 5.16. The van der Waals surface area contributed by atoms with E-state index >= 15 is 0 Å². The summed E-state index contributed by atoms with van der Waals surface area (Å²) >= 11 is 0. The third-order valence-electron chi connectivity index (χ3n) is 4.14. The molecular weight excluding hydrogens is 391 g/mol. The van der Waals surface area contributed by atoms with Crippen LogP contribution >= 0.6 is 0 Å².